The summed E-state index contributed by atoms with van der Waals surface area (Å²) in [7, 11) is 0. The quantitative estimate of drug-likeness (QED) is 0.696. The van der Waals surface area contributed by atoms with E-state index < -0.39 is 0 Å². The molecule has 0 spiro atoms. The molecule has 0 aromatic carbocycles. The van der Waals surface area contributed by atoms with Crippen molar-refractivity contribution in [2.75, 3.05) is 17.6 Å². The van der Waals surface area contributed by atoms with Crippen LogP contribution in [0.25, 0.3) is 0 Å². The Hall–Kier alpha value is -1.74. The van der Waals surface area contributed by atoms with E-state index in [1.807, 2.05) is 6.92 Å². The first-order chi connectivity index (χ1) is 8.93. The van der Waals surface area contributed by atoms with Crippen molar-refractivity contribution in [3.05, 3.63) is 4.88 Å². The van der Waals surface area contributed by atoms with Crippen LogP contribution in [0, 0.1) is 18.3 Å². The zero-order chi connectivity index (χ0) is 14.4. The summed E-state index contributed by atoms with van der Waals surface area (Å²) in [5, 5.41) is 6.62. The molecule has 4 N–H and O–H groups in total. The number of anilines is 2. The summed E-state index contributed by atoms with van der Waals surface area (Å²) < 4.78 is 0. The predicted octanol–water partition coefficient (Wildman–Crippen LogP) is 1.93. The lowest BCUT2D eigenvalue weighted by molar-refractivity contribution is 0.0945. The topological polar surface area (TPSA) is 80.0 Å². The lowest BCUT2D eigenvalue weighted by Gasteiger charge is -2.09. The maximum absolute atomic E-state index is 12.0. The Bertz CT molecular complexity index is 475. The predicted molar refractivity (Wildman–Crippen MR) is 80.2 cm³/mol. The molecule has 5 nitrogen and oxygen atoms in total. The Balaban J connectivity index is 2.68. The van der Waals surface area contributed by atoms with E-state index in [2.05, 4.69) is 35.4 Å². The average Bonchev–Trinajstić information content (AvgIpc) is 2.68. The number of carbonyl (C=O) groups excluding carboxylic acids is 1. The van der Waals surface area contributed by atoms with Gasteiger partial charge in [0.25, 0.3) is 5.91 Å². The molecule has 1 rings (SSSR count). The molecular formula is C13H20N4OS. The summed E-state index contributed by atoms with van der Waals surface area (Å²) >= 11 is 1.26. The van der Waals surface area contributed by atoms with Gasteiger partial charge >= 0.3 is 0 Å². The van der Waals surface area contributed by atoms with Crippen molar-refractivity contribution in [3.8, 4) is 12.3 Å². The second-order valence-electron chi connectivity index (χ2n) is 4.79. The van der Waals surface area contributed by atoms with Crippen molar-refractivity contribution in [1.29, 1.82) is 0 Å². The van der Waals surface area contributed by atoms with Crippen LogP contribution in [0.1, 0.15) is 36.9 Å². The smallest absolute Gasteiger partial charge is 0.265 e. The third-order valence-electron chi connectivity index (χ3n) is 2.32. The molecule has 1 atom stereocenters. The van der Waals surface area contributed by atoms with Crippen LogP contribution >= 0.6 is 11.3 Å². The summed E-state index contributed by atoms with van der Waals surface area (Å²) in [6.07, 6.45) is 5.69. The fourth-order valence-corrected chi connectivity index (χ4v) is 2.17. The van der Waals surface area contributed by atoms with Gasteiger partial charge in [-0.25, -0.2) is 4.98 Å². The van der Waals surface area contributed by atoms with Gasteiger partial charge < -0.3 is 16.4 Å². The van der Waals surface area contributed by atoms with Gasteiger partial charge in [0.15, 0.2) is 5.13 Å². The zero-order valence-corrected chi connectivity index (χ0v) is 12.3. The van der Waals surface area contributed by atoms with Gasteiger partial charge in [-0.1, -0.05) is 25.2 Å². The van der Waals surface area contributed by atoms with E-state index in [0.717, 1.165) is 6.54 Å². The van der Waals surface area contributed by atoms with E-state index in [0.29, 0.717) is 22.3 Å². The summed E-state index contributed by atoms with van der Waals surface area (Å²) in [6, 6.07) is -0.0777. The molecule has 0 radical (unpaired) electrons. The Morgan fingerprint density at radius 2 is 2.21 bits per heavy atom. The number of rotatable bonds is 6. The number of aromatic nitrogens is 1. The molecule has 0 fully saturated rings. The van der Waals surface area contributed by atoms with Gasteiger partial charge in [-0.15, -0.1) is 12.3 Å². The summed E-state index contributed by atoms with van der Waals surface area (Å²) in [5.41, 5.74) is 5.76. The Labute approximate surface area is 118 Å². The molecule has 0 aliphatic rings. The molecule has 0 aliphatic heterocycles. The fraction of sp³-hybridized carbons (Fsp3) is 0.538. The maximum atomic E-state index is 12.0. The molecule has 0 aliphatic carbocycles. The van der Waals surface area contributed by atoms with Gasteiger partial charge in [0.2, 0.25) is 0 Å². The number of nitrogens with zero attached hydrogens (tertiary/aromatic N) is 1. The van der Waals surface area contributed by atoms with Crippen molar-refractivity contribution in [3.63, 3.8) is 0 Å². The standard InChI is InChI=1S/C13H20N4OS/c1-5-6-9(4)16-12(18)10-11(14)17-13(19-10)15-7-8(2)3/h1,8-9H,6-7,14H2,2-4H3,(H,15,17)(H,16,18). The van der Waals surface area contributed by atoms with Crippen LogP contribution in [-0.4, -0.2) is 23.5 Å². The number of hydrogen-bond donors (Lipinski definition) is 3. The van der Waals surface area contributed by atoms with E-state index in [1.165, 1.54) is 11.3 Å². The normalized spacial score (nSPS) is 11.9. The lowest BCUT2D eigenvalue weighted by Crippen LogP contribution is -2.32. The monoisotopic (exact) mass is 280 g/mol. The number of terminal acetylenes is 1. The highest BCUT2D eigenvalue weighted by molar-refractivity contribution is 7.18. The van der Waals surface area contributed by atoms with Crippen LogP contribution < -0.4 is 16.4 Å². The lowest BCUT2D eigenvalue weighted by atomic mass is 10.2. The van der Waals surface area contributed by atoms with E-state index in [4.69, 9.17) is 12.2 Å². The number of hydrogen-bond acceptors (Lipinski definition) is 5. The first-order valence-corrected chi connectivity index (χ1v) is 7.00. The average molecular weight is 280 g/mol. The Morgan fingerprint density at radius 3 is 2.79 bits per heavy atom. The number of carbonyl (C=O) groups is 1. The van der Waals surface area contributed by atoms with E-state index >= 15 is 0 Å². The van der Waals surface area contributed by atoms with Gasteiger partial charge in [0.05, 0.1) is 0 Å². The van der Waals surface area contributed by atoms with Gasteiger partial charge in [0, 0.05) is 19.0 Å². The van der Waals surface area contributed by atoms with Crippen molar-refractivity contribution in [1.82, 2.24) is 10.3 Å². The highest BCUT2D eigenvalue weighted by Crippen LogP contribution is 2.25. The SMILES string of the molecule is C#CCC(C)NC(=O)c1sc(NCC(C)C)nc1N. The highest BCUT2D eigenvalue weighted by Gasteiger charge is 2.17. The molecule has 1 amide bonds. The number of amides is 1. The number of thiazole rings is 1. The molecule has 0 bridgehead atoms. The van der Waals surface area contributed by atoms with Crippen molar-refractivity contribution in [2.24, 2.45) is 5.92 Å². The second-order valence-corrected chi connectivity index (χ2v) is 5.79. The van der Waals surface area contributed by atoms with Crippen LogP contribution in [0.2, 0.25) is 0 Å². The van der Waals surface area contributed by atoms with Gasteiger partial charge in [-0.3, -0.25) is 4.79 Å². The third kappa shape index (κ3) is 4.79. The fourth-order valence-electron chi connectivity index (χ4n) is 1.38. The molecule has 19 heavy (non-hydrogen) atoms. The van der Waals surface area contributed by atoms with Crippen LogP contribution in [0.5, 0.6) is 0 Å². The minimum Gasteiger partial charge on any atom is -0.382 e. The largest absolute Gasteiger partial charge is 0.382 e. The van der Waals surface area contributed by atoms with Crippen molar-refractivity contribution < 1.29 is 4.79 Å². The second kappa shape index (κ2) is 7.00. The number of nitrogen functional groups attached to an aromatic ring is 1. The molecule has 104 valence electrons. The molecular weight excluding hydrogens is 260 g/mol. The van der Waals surface area contributed by atoms with Crippen LogP contribution in [0.3, 0.4) is 0 Å². The number of nitrogens with two attached hydrogens (primary N) is 1. The number of nitrogens with one attached hydrogen (secondary N) is 2. The third-order valence-corrected chi connectivity index (χ3v) is 3.35. The van der Waals surface area contributed by atoms with Crippen molar-refractivity contribution >= 4 is 28.2 Å². The van der Waals surface area contributed by atoms with E-state index in [1.54, 1.807) is 0 Å². The highest BCUT2D eigenvalue weighted by atomic mass is 32.1. The minimum absolute atomic E-state index is 0.0777. The molecule has 1 aromatic heterocycles. The summed E-state index contributed by atoms with van der Waals surface area (Å²) in [4.78, 5) is 16.6. The van der Waals surface area contributed by atoms with Gasteiger partial charge in [-0.05, 0) is 12.8 Å². The molecule has 1 unspecified atom stereocenters. The van der Waals surface area contributed by atoms with Crippen LogP contribution in [-0.2, 0) is 0 Å². The van der Waals surface area contributed by atoms with Gasteiger partial charge in [0.1, 0.15) is 10.7 Å². The molecule has 0 saturated carbocycles. The molecule has 6 heteroatoms. The molecule has 1 aromatic rings. The zero-order valence-electron chi connectivity index (χ0n) is 11.5. The van der Waals surface area contributed by atoms with Gasteiger partial charge in [-0.2, -0.15) is 0 Å². The summed E-state index contributed by atoms with van der Waals surface area (Å²) in [5.74, 6) is 3.03. The first kappa shape index (κ1) is 15.3. The Morgan fingerprint density at radius 1 is 1.53 bits per heavy atom. The Kier molecular flexibility index (Phi) is 5.64. The van der Waals surface area contributed by atoms with Crippen molar-refractivity contribution in [2.45, 2.75) is 33.2 Å². The van der Waals surface area contributed by atoms with E-state index in [-0.39, 0.29) is 17.8 Å². The maximum Gasteiger partial charge on any atom is 0.265 e. The summed E-state index contributed by atoms with van der Waals surface area (Å²) in [6.45, 7) is 6.84. The molecule has 0 saturated heterocycles. The van der Waals surface area contributed by atoms with Crippen LogP contribution in [0.4, 0.5) is 10.9 Å². The first-order valence-electron chi connectivity index (χ1n) is 6.18. The molecule has 1 heterocycles. The minimum atomic E-state index is -0.227. The van der Waals surface area contributed by atoms with E-state index in [9.17, 15) is 4.79 Å². The van der Waals surface area contributed by atoms with Crippen LogP contribution in [0.15, 0.2) is 0 Å².